The lowest BCUT2D eigenvalue weighted by atomic mass is 9.49. The number of benzene rings is 1. The number of hydrogen-bond donors (Lipinski definition) is 2. The van der Waals surface area contributed by atoms with Crippen molar-refractivity contribution in [1.29, 1.82) is 0 Å². The zero-order chi connectivity index (χ0) is 18.6. The van der Waals surface area contributed by atoms with Crippen molar-refractivity contribution in [2.75, 3.05) is 6.54 Å². The zero-order valence-electron chi connectivity index (χ0n) is 15.4. The number of fused-ring (bicyclic) bond motifs is 1. The van der Waals surface area contributed by atoms with Crippen molar-refractivity contribution in [3.63, 3.8) is 0 Å². The van der Waals surface area contributed by atoms with Gasteiger partial charge < -0.3 is 10.4 Å². The second-order valence-corrected chi connectivity index (χ2v) is 9.46. The van der Waals surface area contributed by atoms with Crippen LogP contribution < -0.4 is 5.32 Å². The molecule has 0 unspecified atom stereocenters. The zero-order valence-corrected chi connectivity index (χ0v) is 16.1. The molecule has 4 bridgehead atoms. The Morgan fingerprint density at radius 2 is 1.78 bits per heavy atom. The number of aliphatic hydroxyl groups is 1. The number of halogens is 1. The number of amides is 1. The summed E-state index contributed by atoms with van der Waals surface area (Å²) in [6.45, 7) is 0.635. The minimum atomic E-state index is -0.119. The van der Waals surface area contributed by atoms with Crippen molar-refractivity contribution < 1.29 is 9.90 Å². The first-order valence-corrected chi connectivity index (χ1v) is 10.4. The SMILES string of the molecule is O=C(NCC12CC3CC(CC(C3)C1)C2)c1c(Cl)ccc2nc(CO)ccc12. The smallest absolute Gasteiger partial charge is 0.253 e. The van der Waals surface area contributed by atoms with Crippen LogP contribution in [0.25, 0.3) is 10.9 Å². The van der Waals surface area contributed by atoms with E-state index >= 15 is 0 Å². The maximum atomic E-state index is 13.1. The number of nitrogens with one attached hydrogen (secondary N) is 1. The lowest BCUT2D eigenvalue weighted by Gasteiger charge is -2.56. The summed E-state index contributed by atoms with van der Waals surface area (Å²) >= 11 is 6.39. The van der Waals surface area contributed by atoms with Crippen LogP contribution in [0.4, 0.5) is 0 Å². The molecular formula is C22H25ClN2O2. The Morgan fingerprint density at radius 3 is 2.41 bits per heavy atom. The molecule has 2 N–H and O–H groups in total. The van der Waals surface area contributed by atoms with Crippen LogP contribution in [-0.2, 0) is 6.61 Å². The number of carbonyl (C=O) groups is 1. The van der Waals surface area contributed by atoms with Gasteiger partial charge >= 0.3 is 0 Å². The van der Waals surface area contributed by atoms with E-state index in [0.717, 1.165) is 29.7 Å². The molecule has 0 atom stereocenters. The molecule has 1 aromatic heterocycles. The number of rotatable bonds is 4. The van der Waals surface area contributed by atoms with Crippen molar-refractivity contribution in [3.8, 4) is 0 Å². The molecule has 0 aliphatic heterocycles. The molecule has 2 aromatic rings. The van der Waals surface area contributed by atoms with Crippen LogP contribution in [-0.4, -0.2) is 22.5 Å². The Hall–Kier alpha value is -1.65. The first-order valence-electron chi connectivity index (χ1n) is 10.0. The van der Waals surface area contributed by atoms with Gasteiger partial charge in [-0.05, 0) is 79.9 Å². The average molecular weight is 385 g/mol. The van der Waals surface area contributed by atoms with Gasteiger partial charge in [-0.15, -0.1) is 0 Å². The highest BCUT2D eigenvalue weighted by molar-refractivity contribution is 6.35. The molecule has 4 aliphatic rings. The van der Waals surface area contributed by atoms with Crippen LogP contribution in [0.15, 0.2) is 24.3 Å². The summed E-state index contributed by atoms with van der Waals surface area (Å²) in [5, 5.41) is 13.7. The molecule has 0 saturated heterocycles. The summed E-state index contributed by atoms with van der Waals surface area (Å²) in [5.74, 6) is 2.50. The van der Waals surface area contributed by atoms with Gasteiger partial charge in [-0.25, -0.2) is 0 Å². The van der Waals surface area contributed by atoms with Gasteiger partial charge in [0.25, 0.3) is 5.91 Å². The molecule has 0 spiro atoms. The van der Waals surface area contributed by atoms with Crippen LogP contribution in [0.5, 0.6) is 0 Å². The highest BCUT2D eigenvalue weighted by Gasteiger charge is 2.50. The van der Waals surface area contributed by atoms with Crippen molar-refractivity contribution in [1.82, 2.24) is 10.3 Å². The Balaban J connectivity index is 1.39. The summed E-state index contributed by atoms with van der Waals surface area (Å²) < 4.78 is 0. The first-order chi connectivity index (χ1) is 13.0. The number of aliphatic hydroxyl groups excluding tert-OH is 1. The van der Waals surface area contributed by atoms with Gasteiger partial charge in [0.1, 0.15) is 0 Å². The molecule has 4 aliphatic carbocycles. The van der Waals surface area contributed by atoms with Crippen LogP contribution in [0.2, 0.25) is 5.02 Å². The normalized spacial score (nSPS) is 31.4. The third-order valence-corrected chi connectivity index (χ3v) is 7.37. The van der Waals surface area contributed by atoms with E-state index in [9.17, 15) is 9.90 Å². The fraction of sp³-hybridized carbons (Fsp3) is 0.545. The maximum absolute atomic E-state index is 13.1. The minimum absolute atomic E-state index is 0.111. The van der Waals surface area contributed by atoms with Crippen LogP contribution >= 0.6 is 11.6 Å². The number of carbonyl (C=O) groups excluding carboxylic acids is 1. The lowest BCUT2D eigenvalue weighted by molar-refractivity contribution is -0.0503. The summed E-state index contributed by atoms with van der Waals surface area (Å²) in [6, 6.07) is 7.10. The molecule has 0 radical (unpaired) electrons. The van der Waals surface area contributed by atoms with E-state index in [1.807, 2.05) is 6.07 Å². The standard InChI is InChI=1S/C22H25ClN2O2/c23-18-3-4-19-17(2-1-16(11-26)25-19)20(18)21(27)24-12-22-8-13-5-14(9-22)7-15(6-13)10-22/h1-4,13-15,26H,5-12H2,(H,24,27). The van der Waals surface area contributed by atoms with Gasteiger partial charge in [0, 0.05) is 11.9 Å². The largest absolute Gasteiger partial charge is 0.390 e. The van der Waals surface area contributed by atoms with Crippen LogP contribution in [0, 0.1) is 23.2 Å². The quantitative estimate of drug-likeness (QED) is 0.824. The van der Waals surface area contributed by atoms with Crippen molar-refractivity contribution in [2.24, 2.45) is 23.2 Å². The molecule has 4 saturated carbocycles. The summed E-state index contributed by atoms with van der Waals surface area (Å²) in [5.41, 5.74) is 2.07. The number of aromatic nitrogens is 1. The lowest BCUT2D eigenvalue weighted by Crippen LogP contribution is -2.51. The Kier molecular flexibility index (Phi) is 4.17. The second kappa shape index (κ2) is 6.46. The van der Waals surface area contributed by atoms with E-state index in [2.05, 4.69) is 10.3 Å². The Labute approximate surface area is 164 Å². The molecule has 142 valence electrons. The van der Waals surface area contributed by atoms with E-state index in [1.165, 1.54) is 38.5 Å². The third kappa shape index (κ3) is 3.03. The number of hydrogen-bond acceptors (Lipinski definition) is 3. The molecule has 4 fully saturated rings. The molecular weight excluding hydrogens is 360 g/mol. The van der Waals surface area contributed by atoms with E-state index < -0.39 is 0 Å². The molecule has 4 nitrogen and oxygen atoms in total. The van der Waals surface area contributed by atoms with Gasteiger partial charge in [-0.1, -0.05) is 17.7 Å². The van der Waals surface area contributed by atoms with Gasteiger partial charge in [0.05, 0.1) is 28.4 Å². The van der Waals surface area contributed by atoms with E-state index in [-0.39, 0.29) is 12.5 Å². The molecule has 6 rings (SSSR count). The molecule has 5 heteroatoms. The monoisotopic (exact) mass is 384 g/mol. The predicted molar refractivity (Wildman–Crippen MR) is 106 cm³/mol. The Morgan fingerprint density at radius 1 is 1.11 bits per heavy atom. The van der Waals surface area contributed by atoms with Crippen LogP contribution in [0.1, 0.15) is 54.6 Å². The molecule has 27 heavy (non-hydrogen) atoms. The topological polar surface area (TPSA) is 62.2 Å². The Bertz CT molecular complexity index is 875. The van der Waals surface area contributed by atoms with E-state index in [4.69, 9.17) is 11.6 Å². The van der Waals surface area contributed by atoms with Crippen molar-refractivity contribution in [2.45, 2.75) is 45.1 Å². The molecule has 1 heterocycles. The first kappa shape index (κ1) is 17.4. The van der Waals surface area contributed by atoms with Crippen molar-refractivity contribution in [3.05, 3.63) is 40.5 Å². The summed E-state index contributed by atoms with van der Waals surface area (Å²) in [6.07, 6.45) is 8.02. The molecule has 1 aromatic carbocycles. The van der Waals surface area contributed by atoms with E-state index in [0.29, 0.717) is 27.2 Å². The highest BCUT2D eigenvalue weighted by Crippen LogP contribution is 2.59. The molecule has 1 amide bonds. The minimum Gasteiger partial charge on any atom is -0.390 e. The maximum Gasteiger partial charge on any atom is 0.253 e. The average Bonchev–Trinajstić information content (AvgIpc) is 2.64. The number of nitrogens with zero attached hydrogens (tertiary/aromatic N) is 1. The van der Waals surface area contributed by atoms with Gasteiger partial charge in [0.2, 0.25) is 0 Å². The van der Waals surface area contributed by atoms with E-state index in [1.54, 1.807) is 18.2 Å². The van der Waals surface area contributed by atoms with Gasteiger partial charge in [-0.3, -0.25) is 9.78 Å². The van der Waals surface area contributed by atoms with Gasteiger partial charge in [0.15, 0.2) is 0 Å². The fourth-order valence-corrected chi connectivity index (χ4v) is 6.65. The highest BCUT2D eigenvalue weighted by atomic mass is 35.5. The summed E-state index contributed by atoms with van der Waals surface area (Å²) in [7, 11) is 0. The van der Waals surface area contributed by atoms with Crippen LogP contribution in [0.3, 0.4) is 0 Å². The number of pyridine rings is 1. The fourth-order valence-electron chi connectivity index (χ4n) is 6.40. The van der Waals surface area contributed by atoms with Gasteiger partial charge in [-0.2, -0.15) is 0 Å². The van der Waals surface area contributed by atoms with Crippen molar-refractivity contribution >= 4 is 28.4 Å². The third-order valence-electron chi connectivity index (χ3n) is 7.06. The summed E-state index contributed by atoms with van der Waals surface area (Å²) in [4.78, 5) is 17.5. The second-order valence-electron chi connectivity index (χ2n) is 9.05. The predicted octanol–water partition coefficient (Wildman–Crippen LogP) is 4.33.